The summed E-state index contributed by atoms with van der Waals surface area (Å²) in [7, 11) is 1.57. The molecule has 3 heterocycles. The minimum absolute atomic E-state index is 0.00910. The van der Waals surface area contributed by atoms with Crippen molar-refractivity contribution in [2.24, 2.45) is 5.92 Å². The highest BCUT2D eigenvalue weighted by molar-refractivity contribution is 6.38. The van der Waals surface area contributed by atoms with E-state index in [9.17, 15) is 4.79 Å². The van der Waals surface area contributed by atoms with Crippen LogP contribution < -0.4 is 15.2 Å². The van der Waals surface area contributed by atoms with Crippen LogP contribution in [-0.4, -0.2) is 51.0 Å². The number of fused-ring (bicyclic) bond motifs is 1. The van der Waals surface area contributed by atoms with Crippen molar-refractivity contribution < 1.29 is 14.3 Å². The van der Waals surface area contributed by atoms with E-state index in [0.29, 0.717) is 57.3 Å². The van der Waals surface area contributed by atoms with E-state index in [1.807, 2.05) is 25.1 Å². The van der Waals surface area contributed by atoms with E-state index in [1.165, 1.54) is 12.4 Å². The van der Waals surface area contributed by atoms with Gasteiger partial charge >= 0.3 is 0 Å². The third kappa shape index (κ3) is 5.09. The van der Waals surface area contributed by atoms with Crippen LogP contribution in [0.1, 0.15) is 31.4 Å². The van der Waals surface area contributed by atoms with Gasteiger partial charge in [-0.25, -0.2) is 9.50 Å². The number of aromatic nitrogens is 3. The van der Waals surface area contributed by atoms with Crippen molar-refractivity contribution in [3.8, 4) is 22.6 Å². The summed E-state index contributed by atoms with van der Waals surface area (Å²) in [5, 5.41) is 5.23. The van der Waals surface area contributed by atoms with Crippen LogP contribution >= 0.6 is 34.8 Å². The van der Waals surface area contributed by atoms with Crippen molar-refractivity contribution in [3.05, 3.63) is 70.8 Å². The Balaban J connectivity index is 1.57. The Kier molecular flexibility index (Phi) is 7.80. The van der Waals surface area contributed by atoms with Gasteiger partial charge < -0.3 is 20.1 Å². The number of carbonyl (C=O) groups excluding carboxylic acids is 1. The lowest BCUT2D eigenvalue weighted by molar-refractivity contribution is -0.127. The van der Waals surface area contributed by atoms with Crippen molar-refractivity contribution in [3.63, 3.8) is 0 Å². The molecule has 2 aromatic heterocycles. The van der Waals surface area contributed by atoms with Crippen molar-refractivity contribution in [2.75, 3.05) is 25.9 Å². The third-order valence-corrected chi connectivity index (χ3v) is 8.61. The first-order valence-electron chi connectivity index (χ1n) is 12.5. The maximum absolute atomic E-state index is 12.3. The Bertz CT molecular complexity index is 1520. The Hall–Kier alpha value is -3.20. The van der Waals surface area contributed by atoms with Crippen LogP contribution in [0.15, 0.2) is 60.1 Å². The molecular formula is C28H28Cl3N5O3. The monoisotopic (exact) mass is 587 g/mol. The van der Waals surface area contributed by atoms with Crippen molar-refractivity contribution in [1.29, 1.82) is 0 Å². The predicted octanol–water partition coefficient (Wildman–Crippen LogP) is 6.18. The highest BCUT2D eigenvalue weighted by atomic mass is 35.5. The van der Waals surface area contributed by atoms with Gasteiger partial charge in [-0.05, 0) is 54.7 Å². The van der Waals surface area contributed by atoms with Gasteiger partial charge in [0.15, 0.2) is 17.3 Å². The normalized spacial score (nSPS) is 21.4. The smallest absolute Gasteiger partial charge is 0.245 e. The highest BCUT2D eigenvalue weighted by Crippen LogP contribution is 2.45. The molecule has 3 unspecified atom stereocenters. The van der Waals surface area contributed by atoms with E-state index in [1.54, 1.807) is 28.7 Å². The van der Waals surface area contributed by atoms with Crippen LogP contribution in [0.2, 0.25) is 5.02 Å². The van der Waals surface area contributed by atoms with E-state index in [0.717, 1.165) is 24.1 Å². The predicted molar refractivity (Wildman–Crippen MR) is 155 cm³/mol. The number of likely N-dealkylation sites (tertiary alicyclic amines) is 1. The number of anilines is 1. The molecule has 3 aromatic rings. The Morgan fingerprint density at radius 1 is 1.28 bits per heavy atom. The zero-order valence-electron chi connectivity index (χ0n) is 21.5. The van der Waals surface area contributed by atoms with E-state index >= 15 is 0 Å². The number of halogens is 3. The summed E-state index contributed by atoms with van der Waals surface area (Å²) < 4.78 is 13.6. The summed E-state index contributed by atoms with van der Waals surface area (Å²) in [5.41, 5.74) is 9.17. The highest BCUT2D eigenvalue weighted by Gasteiger charge is 2.32. The Labute approximate surface area is 241 Å². The first kappa shape index (κ1) is 27.4. The standard InChI is InChI=1S/C28H28Cl3N5O3/c1-4-22(37)35-9-5-6-17(13-35)26-25(31)23(27-28(32)33-14-34-36(26)27)16-7-8-20(21(11-16)38-3)39-18-10-15(2)24(30)19(29)12-18/h4,7-8,10-12,14-15,17,24H,1,5-6,9,13H2,2-3H3,(H2,32,33,34). The van der Waals surface area contributed by atoms with Gasteiger partial charge in [0, 0.05) is 29.6 Å². The fourth-order valence-corrected chi connectivity index (χ4v) is 6.09. The number of nitrogens with zero attached hydrogens (tertiary/aromatic N) is 4. The molecule has 2 N–H and O–H groups in total. The summed E-state index contributed by atoms with van der Waals surface area (Å²) in [6, 6.07) is 5.52. The van der Waals surface area contributed by atoms with Crippen LogP contribution in [-0.2, 0) is 4.79 Å². The molecule has 204 valence electrons. The van der Waals surface area contributed by atoms with Crippen LogP contribution in [0.3, 0.4) is 0 Å². The van der Waals surface area contributed by atoms with Gasteiger partial charge in [-0.15, -0.1) is 11.6 Å². The van der Waals surface area contributed by atoms with Crippen LogP contribution in [0.4, 0.5) is 5.82 Å². The molecule has 0 radical (unpaired) electrons. The summed E-state index contributed by atoms with van der Waals surface area (Å²) in [6.45, 7) is 6.77. The maximum atomic E-state index is 12.3. The van der Waals surface area contributed by atoms with Gasteiger partial charge in [0.25, 0.3) is 0 Å². The molecule has 0 saturated carbocycles. The number of nitrogen functional groups attached to an aromatic ring is 1. The van der Waals surface area contributed by atoms with Gasteiger partial charge in [-0.3, -0.25) is 4.79 Å². The molecule has 8 nitrogen and oxygen atoms in total. The number of amides is 1. The third-order valence-electron chi connectivity index (χ3n) is 7.13. The average molecular weight is 589 g/mol. The number of piperidine rings is 1. The lowest BCUT2D eigenvalue weighted by Gasteiger charge is -2.32. The van der Waals surface area contributed by atoms with E-state index in [-0.39, 0.29) is 23.1 Å². The molecule has 1 fully saturated rings. The molecule has 1 aromatic carbocycles. The number of hydrogen-bond donors (Lipinski definition) is 1. The van der Waals surface area contributed by atoms with Gasteiger partial charge in [0.05, 0.1) is 23.2 Å². The topological polar surface area (TPSA) is 95.0 Å². The Morgan fingerprint density at radius 2 is 2.08 bits per heavy atom. The number of carbonyl (C=O) groups is 1. The SMILES string of the molecule is C=CC(=O)N1CCCC(c2c(Cl)c(-c3ccc(OC4=CC(C)C(Cl)C(Cl)=C4)c(OC)c3)c3c(N)ncnn23)C1. The fourth-order valence-electron chi connectivity index (χ4n) is 5.21. The molecule has 1 aliphatic carbocycles. The van der Waals surface area contributed by atoms with Crippen molar-refractivity contribution in [1.82, 2.24) is 19.5 Å². The number of hydrogen-bond acceptors (Lipinski definition) is 6. The molecule has 2 aliphatic rings. The summed E-state index contributed by atoms with van der Waals surface area (Å²) in [6.07, 6.45) is 8.05. The van der Waals surface area contributed by atoms with Crippen molar-refractivity contribution in [2.45, 2.75) is 31.1 Å². The van der Waals surface area contributed by atoms with Gasteiger partial charge in [-0.1, -0.05) is 42.8 Å². The minimum Gasteiger partial charge on any atom is -0.493 e. The summed E-state index contributed by atoms with van der Waals surface area (Å²) in [5.74, 6) is 1.73. The molecule has 39 heavy (non-hydrogen) atoms. The lowest BCUT2D eigenvalue weighted by atomic mass is 9.94. The van der Waals surface area contributed by atoms with Crippen LogP contribution in [0.5, 0.6) is 11.5 Å². The first-order chi connectivity index (χ1) is 18.7. The molecular weight excluding hydrogens is 561 g/mol. The molecule has 1 amide bonds. The largest absolute Gasteiger partial charge is 0.493 e. The van der Waals surface area contributed by atoms with E-state index < -0.39 is 0 Å². The molecule has 0 bridgehead atoms. The number of ether oxygens (including phenoxy) is 2. The number of alkyl halides is 1. The second kappa shape index (κ2) is 11.1. The van der Waals surface area contributed by atoms with Gasteiger partial charge in [0.1, 0.15) is 17.6 Å². The Morgan fingerprint density at radius 3 is 2.79 bits per heavy atom. The van der Waals surface area contributed by atoms with Crippen molar-refractivity contribution >= 4 is 52.0 Å². The van der Waals surface area contributed by atoms with Crippen LogP contribution in [0.25, 0.3) is 16.6 Å². The molecule has 5 rings (SSSR count). The number of methoxy groups -OCH3 is 1. The number of rotatable bonds is 6. The van der Waals surface area contributed by atoms with E-state index in [4.69, 9.17) is 50.0 Å². The number of allylic oxidation sites excluding steroid dienone is 3. The molecule has 11 heteroatoms. The zero-order valence-corrected chi connectivity index (χ0v) is 23.8. The average Bonchev–Trinajstić information content (AvgIpc) is 3.24. The molecule has 1 aliphatic heterocycles. The molecule has 0 spiro atoms. The maximum Gasteiger partial charge on any atom is 0.245 e. The summed E-state index contributed by atoms with van der Waals surface area (Å²) in [4.78, 5) is 18.4. The summed E-state index contributed by atoms with van der Waals surface area (Å²) >= 11 is 19.7. The number of benzene rings is 1. The lowest BCUT2D eigenvalue weighted by Crippen LogP contribution is -2.38. The van der Waals surface area contributed by atoms with Gasteiger partial charge in [0.2, 0.25) is 5.91 Å². The fraction of sp³-hybridized carbons (Fsp3) is 0.321. The quantitative estimate of drug-likeness (QED) is 0.273. The van der Waals surface area contributed by atoms with Crippen LogP contribution in [0, 0.1) is 5.92 Å². The van der Waals surface area contributed by atoms with Gasteiger partial charge in [-0.2, -0.15) is 5.10 Å². The molecule has 1 saturated heterocycles. The zero-order chi connectivity index (χ0) is 27.8. The minimum atomic E-state index is -0.290. The molecule has 3 atom stereocenters. The second-order valence-electron chi connectivity index (χ2n) is 9.63. The first-order valence-corrected chi connectivity index (χ1v) is 13.7. The number of nitrogens with two attached hydrogens (primary N) is 1. The van der Waals surface area contributed by atoms with E-state index in [2.05, 4.69) is 16.7 Å². The second-order valence-corrected chi connectivity index (χ2v) is 10.9.